The Hall–Kier alpha value is -2.12. The lowest BCUT2D eigenvalue weighted by Crippen LogP contribution is -2.14. The minimum atomic E-state index is 0.692. The largest absolute Gasteiger partial charge is 0.373 e. The predicted octanol–water partition coefficient (Wildman–Crippen LogP) is 9.83. The standard InChI is InChI=1S/C35H50O/c1-3-5-11-30-16-18-31(19-17-30)12-7-8-13-32-20-22-33(23-21-32)14-9-10-15-34-24-26-35(27-25-34)29-36-28-6-4-2/h3-4,6,20-27,30-31H,1,5,7-19,28-29H2,2H3/t30-,31-. The zero-order valence-electron chi connectivity index (χ0n) is 22.9. The summed E-state index contributed by atoms with van der Waals surface area (Å²) in [5.74, 6) is 1.97. The molecule has 0 amide bonds. The summed E-state index contributed by atoms with van der Waals surface area (Å²) in [7, 11) is 0. The van der Waals surface area contributed by atoms with Crippen molar-refractivity contribution in [1.82, 2.24) is 0 Å². The van der Waals surface area contributed by atoms with Crippen LogP contribution in [0.3, 0.4) is 0 Å². The molecular formula is C35H50O. The van der Waals surface area contributed by atoms with Gasteiger partial charge in [0.2, 0.25) is 0 Å². The van der Waals surface area contributed by atoms with Crippen LogP contribution in [-0.4, -0.2) is 6.61 Å². The molecule has 1 heteroatoms. The van der Waals surface area contributed by atoms with Crippen molar-refractivity contribution in [3.05, 3.63) is 95.6 Å². The second kappa shape index (κ2) is 17.4. The van der Waals surface area contributed by atoms with Crippen LogP contribution >= 0.6 is 0 Å². The second-order valence-corrected chi connectivity index (χ2v) is 10.9. The first-order valence-electron chi connectivity index (χ1n) is 14.7. The van der Waals surface area contributed by atoms with Crippen LogP contribution in [0, 0.1) is 11.8 Å². The van der Waals surface area contributed by atoms with Crippen molar-refractivity contribution in [2.75, 3.05) is 6.61 Å². The lowest BCUT2D eigenvalue weighted by molar-refractivity contribution is 0.148. The number of rotatable bonds is 17. The Bertz CT molecular complexity index is 853. The molecule has 2 aromatic rings. The molecule has 0 aromatic heterocycles. The van der Waals surface area contributed by atoms with E-state index in [2.05, 4.69) is 61.2 Å². The first kappa shape index (κ1) is 28.5. The van der Waals surface area contributed by atoms with Gasteiger partial charge in [-0.15, -0.1) is 6.58 Å². The van der Waals surface area contributed by atoms with Gasteiger partial charge in [0.25, 0.3) is 0 Å². The zero-order valence-corrected chi connectivity index (χ0v) is 22.9. The van der Waals surface area contributed by atoms with E-state index >= 15 is 0 Å². The number of ether oxygens (including phenoxy) is 1. The molecule has 0 unspecified atom stereocenters. The van der Waals surface area contributed by atoms with Crippen molar-refractivity contribution in [2.24, 2.45) is 11.8 Å². The van der Waals surface area contributed by atoms with Crippen LogP contribution in [0.25, 0.3) is 0 Å². The van der Waals surface area contributed by atoms with E-state index < -0.39 is 0 Å². The highest BCUT2D eigenvalue weighted by atomic mass is 16.5. The van der Waals surface area contributed by atoms with Crippen LogP contribution in [0.1, 0.15) is 99.8 Å². The highest BCUT2D eigenvalue weighted by Gasteiger charge is 2.20. The maximum atomic E-state index is 5.63. The Morgan fingerprint density at radius 1 is 0.694 bits per heavy atom. The van der Waals surface area contributed by atoms with Gasteiger partial charge >= 0.3 is 0 Å². The Labute approximate surface area is 222 Å². The Morgan fingerprint density at radius 3 is 1.67 bits per heavy atom. The molecule has 0 bridgehead atoms. The van der Waals surface area contributed by atoms with Gasteiger partial charge in [0.1, 0.15) is 0 Å². The molecule has 1 saturated carbocycles. The van der Waals surface area contributed by atoms with Crippen molar-refractivity contribution in [3.63, 3.8) is 0 Å². The van der Waals surface area contributed by atoms with Gasteiger partial charge in [-0.2, -0.15) is 0 Å². The predicted molar refractivity (Wildman–Crippen MR) is 156 cm³/mol. The number of aryl methyl sites for hydroxylation is 3. The average molecular weight is 487 g/mol. The maximum Gasteiger partial charge on any atom is 0.0721 e. The molecule has 36 heavy (non-hydrogen) atoms. The van der Waals surface area contributed by atoms with Gasteiger partial charge in [-0.1, -0.05) is 105 Å². The SMILES string of the molecule is C=CCC[C@H]1CC[C@H](CCCCc2ccc(CCCCc3ccc(COCC=CC)cc3)cc2)CC1. The monoisotopic (exact) mass is 486 g/mol. The summed E-state index contributed by atoms with van der Waals surface area (Å²) < 4.78 is 5.63. The Kier molecular flexibility index (Phi) is 13.7. The third-order valence-corrected chi connectivity index (χ3v) is 8.02. The van der Waals surface area contributed by atoms with Gasteiger partial charge in [-0.05, 0) is 92.4 Å². The zero-order chi connectivity index (χ0) is 25.3. The third-order valence-electron chi connectivity index (χ3n) is 8.02. The quantitative estimate of drug-likeness (QED) is 0.160. The van der Waals surface area contributed by atoms with E-state index in [1.54, 1.807) is 0 Å². The highest BCUT2D eigenvalue weighted by Crippen LogP contribution is 2.34. The molecular weight excluding hydrogens is 436 g/mol. The number of benzene rings is 2. The van der Waals surface area contributed by atoms with Gasteiger partial charge in [0, 0.05) is 0 Å². The topological polar surface area (TPSA) is 9.23 Å². The minimum absolute atomic E-state index is 0.692. The van der Waals surface area contributed by atoms with Crippen molar-refractivity contribution >= 4 is 0 Å². The summed E-state index contributed by atoms with van der Waals surface area (Å²) >= 11 is 0. The number of allylic oxidation sites excluding steroid dienone is 2. The van der Waals surface area contributed by atoms with Gasteiger partial charge in [0.15, 0.2) is 0 Å². The van der Waals surface area contributed by atoms with Gasteiger partial charge in [-0.25, -0.2) is 0 Å². The molecule has 3 rings (SSSR count). The number of hydrogen-bond acceptors (Lipinski definition) is 1. The van der Waals surface area contributed by atoms with Crippen molar-refractivity contribution < 1.29 is 4.74 Å². The van der Waals surface area contributed by atoms with Crippen molar-refractivity contribution in [3.8, 4) is 0 Å². The fourth-order valence-corrected chi connectivity index (χ4v) is 5.60. The fourth-order valence-electron chi connectivity index (χ4n) is 5.60. The van der Waals surface area contributed by atoms with E-state index in [0.717, 1.165) is 18.3 Å². The molecule has 0 aliphatic heterocycles. The molecule has 0 spiro atoms. The lowest BCUT2D eigenvalue weighted by Gasteiger charge is -2.28. The second-order valence-electron chi connectivity index (χ2n) is 10.9. The van der Waals surface area contributed by atoms with Crippen LogP contribution < -0.4 is 0 Å². The van der Waals surface area contributed by atoms with E-state index in [-0.39, 0.29) is 0 Å². The molecule has 196 valence electrons. The molecule has 1 nitrogen and oxygen atoms in total. The van der Waals surface area contributed by atoms with Crippen LogP contribution in [0.2, 0.25) is 0 Å². The maximum absolute atomic E-state index is 5.63. The molecule has 0 saturated heterocycles. The summed E-state index contributed by atoms with van der Waals surface area (Å²) in [4.78, 5) is 0. The minimum Gasteiger partial charge on any atom is -0.373 e. The van der Waals surface area contributed by atoms with E-state index in [4.69, 9.17) is 4.74 Å². The van der Waals surface area contributed by atoms with Crippen LogP contribution in [0.5, 0.6) is 0 Å². The number of hydrogen-bond donors (Lipinski definition) is 0. The summed E-state index contributed by atoms with van der Waals surface area (Å²) in [6.07, 6.45) is 24.8. The Balaban J connectivity index is 1.23. The average Bonchev–Trinajstić information content (AvgIpc) is 2.92. The fraction of sp³-hybridized carbons (Fsp3) is 0.543. The highest BCUT2D eigenvalue weighted by molar-refractivity contribution is 5.23. The number of unbranched alkanes of at least 4 members (excludes halogenated alkanes) is 2. The van der Waals surface area contributed by atoms with Gasteiger partial charge in [0.05, 0.1) is 13.2 Å². The van der Waals surface area contributed by atoms with Crippen molar-refractivity contribution in [2.45, 2.75) is 103 Å². The third kappa shape index (κ3) is 11.3. The van der Waals surface area contributed by atoms with E-state index in [1.165, 1.54) is 106 Å². The molecule has 0 radical (unpaired) electrons. The summed E-state index contributed by atoms with van der Waals surface area (Å²) in [6.45, 7) is 7.28. The first-order chi connectivity index (χ1) is 17.8. The van der Waals surface area contributed by atoms with Gasteiger partial charge in [-0.3, -0.25) is 0 Å². The smallest absolute Gasteiger partial charge is 0.0721 e. The van der Waals surface area contributed by atoms with Crippen LogP contribution in [-0.2, 0) is 30.6 Å². The van der Waals surface area contributed by atoms with E-state index in [0.29, 0.717) is 13.2 Å². The van der Waals surface area contributed by atoms with Crippen LogP contribution in [0.15, 0.2) is 73.3 Å². The molecule has 1 aliphatic rings. The first-order valence-corrected chi connectivity index (χ1v) is 14.7. The van der Waals surface area contributed by atoms with Crippen LogP contribution in [0.4, 0.5) is 0 Å². The molecule has 1 aliphatic carbocycles. The Morgan fingerprint density at radius 2 is 1.17 bits per heavy atom. The summed E-state index contributed by atoms with van der Waals surface area (Å²) in [6, 6.07) is 18.4. The molecule has 2 aromatic carbocycles. The van der Waals surface area contributed by atoms with E-state index in [1.807, 2.05) is 19.1 Å². The molecule has 0 atom stereocenters. The molecule has 0 N–H and O–H groups in total. The normalized spacial score (nSPS) is 18.0. The van der Waals surface area contributed by atoms with E-state index in [9.17, 15) is 0 Å². The summed E-state index contributed by atoms with van der Waals surface area (Å²) in [5, 5.41) is 0. The summed E-state index contributed by atoms with van der Waals surface area (Å²) in [5.41, 5.74) is 5.69. The molecule has 1 fully saturated rings. The molecule has 0 heterocycles. The lowest BCUT2D eigenvalue weighted by atomic mass is 9.78. The van der Waals surface area contributed by atoms with Crippen molar-refractivity contribution in [1.29, 1.82) is 0 Å². The van der Waals surface area contributed by atoms with Gasteiger partial charge < -0.3 is 4.74 Å².